The van der Waals surface area contributed by atoms with Crippen LogP contribution in [0.5, 0.6) is 0 Å². The molecule has 0 fully saturated rings. The van der Waals surface area contributed by atoms with Gasteiger partial charge in [-0.3, -0.25) is 4.57 Å². The van der Waals surface area contributed by atoms with E-state index in [1.54, 1.807) is 0 Å². The Morgan fingerprint density at radius 3 is 2.94 bits per heavy atom. The van der Waals surface area contributed by atoms with Crippen LogP contribution in [0.15, 0.2) is 47.3 Å². The van der Waals surface area contributed by atoms with Crippen LogP contribution < -0.4 is 0 Å². The molecule has 0 aromatic heterocycles. The van der Waals surface area contributed by atoms with E-state index in [0.29, 0.717) is 12.1 Å². The van der Waals surface area contributed by atoms with Gasteiger partial charge in [-0.05, 0) is 17.9 Å². The molecule has 3 heteroatoms. The van der Waals surface area contributed by atoms with Crippen LogP contribution in [0, 0.1) is 11.8 Å². The van der Waals surface area contributed by atoms with E-state index in [-0.39, 0.29) is 12.0 Å². The molecule has 0 spiro atoms. The molecule has 0 radical (unpaired) electrons. The van der Waals surface area contributed by atoms with Crippen molar-refractivity contribution in [2.45, 2.75) is 26.4 Å². The third kappa shape index (κ3) is 1.71. The molecule has 96 valence electrons. The van der Waals surface area contributed by atoms with Gasteiger partial charge in [-0.25, -0.2) is 0 Å². The van der Waals surface area contributed by atoms with Crippen molar-refractivity contribution in [3.8, 4) is 0 Å². The Morgan fingerprint density at radius 2 is 2.17 bits per heavy atom. The van der Waals surface area contributed by atoms with Gasteiger partial charge in [0.05, 0.1) is 6.10 Å². The molecule has 2 aliphatic carbocycles. The van der Waals surface area contributed by atoms with Crippen LogP contribution in [0.1, 0.15) is 20.3 Å². The van der Waals surface area contributed by atoms with Crippen molar-refractivity contribution in [3.63, 3.8) is 0 Å². The first-order valence-electron chi connectivity index (χ1n) is 6.69. The molecule has 18 heavy (non-hydrogen) atoms. The average molecular weight is 262 g/mol. The van der Waals surface area contributed by atoms with Crippen LogP contribution in [0.25, 0.3) is 0 Å². The van der Waals surface area contributed by atoms with Gasteiger partial charge in [0.25, 0.3) is 0 Å². The van der Waals surface area contributed by atoms with Crippen molar-refractivity contribution in [1.29, 1.82) is 0 Å². The molecule has 0 aromatic rings. The van der Waals surface area contributed by atoms with Crippen LogP contribution in [0.4, 0.5) is 0 Å². The maximum atomic E-state index is 13.1. The van der Waals surface area contributed by atoms with Gasteiger partial charge < -0.3 is 4.52 Å². The molecule has 0 N–H and O–H groups in total. The second-order valence-electron chi connectivity index (χ2n) is 5.23. The predicted octanol–water partition coefficient (Wildman–Crippen LogP) is 4.28. The fourth-order valence-corrected chi connectivity index (χ4v) is 5.75. The third-order valence-electron chi connectivity index (χ3n) is 4.07. The zero-order valence-electron chi connectivity index (χ0n) is 10.9. The molecule has 0 saturated carbocycles. The van der Waals surface area contributed by atoms with Gasteiger partial charge in [0, 0.05) is 17.4 Å². The van der Waals surface area contributed by atoms with Crippen molar-refractivity contribution in [2.75, 3.05) is 6.16 Å². The first-order valence-corrected chi connectivity index (χ1v) is 8.50. The summed E-state index contributed by atoms with van der Waals surface area (Å²) in [5, 5.41) is 1.09. The van der Waals surface area contributed by atoms with Crippen molar-refractivity contribution in [1.82, 2.24) is 0 Å². The topological polar surface area (TPSA) is 26.3 Å². The first-order chi connectivity index (χ1) is 8.65. The zero-order chi connectivity index (χ0) is 12.8. The number of hydrogen-bond acceptors (Lipinski definition) is 2. The molecule has 0 aromatic carbocycles. The van der Waals surface area contributed by atoms with Crippen molar-refractivity contribution in [2.24, 2.45) is 11.8 Å². The molecule has 0 amide bonds. The van der Waals surface area contributed by atoms with Gasteiger partial charge in [-0.15, -0.1) is 0 Å². The van der Waals surface area contributed by atoms with E-state index in [4.69, 9.17) is 4.52 Å². The van der Waals surface area contributed by atoms with Gasteiger partial charge in [0.1, 0.15) is 0 Å². The molecule has 3 aliphatic rings. The Labute approximate surface area is 109 Å². The zero-order valence-corrected chi connectivity index (χ0v) is 11.8. The summed E-state index contributed by atoms with van der Waals surface area (Å²) in [5.41, 5.74) is 1.25. The number of fused-ring (bicyclic) bond motifs is 2. The Morgan fingerprint density at radius 1 is 1.39 bits per heavy atom. The predicted molar refractivity (Wildman–Crippen MR) is 74.7 cm³/mol. The van der Waals surface area contributed by atoms with Crippen molar-refractivity contribution in [3.05, 3.63) is 47.3 Å². The lowest BCUT2D eigenvalue weighted by Crippen LogP contribution is -2.30. The van der Waals surface area contributed by atoms with Gasteiger partial charge >= 0.3 is 0 Å². The quantitative estimate of drug-likeness (QED) is 0.659. The lowest BCUT2D eigenvalue weighted by molar-refractivity contribution is 0.211. The fourth-order valence-electron chi connectivity index (χ4n) is 3.16. The lowest BCUT2D eigenvalue weighted by atomic mass is 9.84. The lowest BCUT2D eigenvalue weighted by Gasteiger charge is -2.40. The highest BCUT2D eigenvalue weighted by molar-refractivity contribution is 7.63. The Kier molecular flexibility index (Phi) is 2.96. The van der Waals surface area contributed by atoms with Gasteiger partial charge in [-0.1, -0.05) is 50.3 Å². The fraction of sp³-hybridized carbons (Fsp3) is 0.467. The summed E-state index contributed by atoms with van der Waals surface area (Å²) in [5.74, 6) is 0.591. The van der Waals surface area contributed by atoms with E-state index >= 15 is 0 Å². The average Bonchev–Trinajstić information content (AvgIpc) is 2.39. The summed E-state index contributed by atoms with van der Waals surface area (Å²) >= 11 is 0. The molecule has 3 rings (SSSR count). The first kappa shape index (κ1) is 12.2. The standard InChI is InChI=1S/C15H19O2P/c1-3-18(16)15-11(2)7-6-9-13(15)12-8-4-5-10-14(12)17-18/h4-6,8-12,14H,3,7H2,1-2H3. The summed E-state index contributed by atoms with van der Waals surface area (Å²) < 4.78 is 19.1. The van der Waals surface area contributed by atoms with E-state index in [0.717, 1.165) is 11.7 Å². The summed E-state index contributed by atoms with van der Waals surface area (Å²) in [6.07, 6.45) is 14.2. The van der Waals surface area contributed by atoms with Crippen LogP contribution in [-0.4, -0.2) is 12.3 Å². The Bertz CT molecular complexity index is 525. The third-order valence-corrected chi connectivity index (χ3v) is 6.92. The van der Waals surface area contributed by atoms with E-state index < -0.39 is 7.37 Å². The molecule has 4 atom stereocenters. The minimum atomic E-state index is -2.63. The largest absolute Gasteiger partial charge is 0.317 e. The molecular weight excluding hydrogens is 243 g/mol. The van der Waals surface area contributed by atoms with E-state index in [9.17, 15) is 4.57 Å². The molecular formula is C15H19O2P. The molecule has 0 bridgehead atoms. The maximum Gasteiger partial charge on any atom is 0.229 e. The normalized spacial score (nSPS) is 41.8. The van der Waals surface area contributed by atoms with E-state index in [1.807, 2.05) is 19.1 Å². The molecule has 4 unspecified atom stereocenters. The van der Waals surface area contributed by atoms with Crippen LogP contribution in [0.3, 0.4) is 0 Å². The van der Waals surface area contributed by atoms with Crippen LogP contribution >= 0.6 is 7.37 Å². The smallest absolute Gasteiger partial charge is 0.229 e. The Balaban J connectivity index is 2.17. The summed E-state index contributed by atoms with van der Waals surface area (Å²) in [7, 11) is -2.63. The summed E-state index contributed by atoms with van der Waals surface area (Å²) in [4.78, 5) is 0. The summed E-state index contributed by atoms with van der Waals surface area (Å²) in [6, 6.07) is 0. The number of allylic oxidation sites excluding steroid dienone is 5. The van der Waals surface area contributed by atoms with Gasteiger partial charge in [0.15, 0.2) is 0 Å². The van der Waals surface area contributed by atoms with Crippen LogP contribution in [-0.2, 0) is 9.09 Å². The maximum absolute atomic E-state index is 13.1. The van der Waals surface area contributed by atoms with E-state index in [2.05, 4.69) is 31.2 Å². The van der Waals surface area contributed by atoms with Crippen molar-refractivity contribution >= 4 is 7.37 Å². The highest BCUT2D eigenvalue weighted by atomic mass is 31.2. The highest BCUT2D eigenvalue weighted by Crippen LogP contribution is 2.65. The second-order valence-corrected chi connectivity index (χ2v) is 7.91. The van der Waals surface area contributed by atoms with E-state index in [1.165, 1.54) is 5.57 Å². The SMILES string of the molecule is CCP1(=O)OC2C=CC=CC2C2=C1C(C)CC=C2. The summed E-state index contributed by atoms with van der Waals surface area (Å²) in [6.45, 7) is 4.13. The monoisotopic (exact) mass is 262 g/mol. The van der Waals surface area contributed by atoms with Crippen LogP contribution in [0.2, 0.25) is 0 Å². The Hall–Kier alpha value is -0.850. The molecule has 1 heterocycles. The number of rotatable bonds is 1. The van der Waals surface area contributed by atoms with Gasteiger partial charge in [0.2, 0.25) is 7.37 Å². The highest BCUT2D eigenvalue weighted by Gasteiger charge is 2.43. The second kappa shape index (κ2) is 4.36. The minimum Gasteiger partial charge on any atom is -0.317 e. The molecule has 0 saturated heterocycles. The van der Waals surface area contributed by atoms with Gasteiger partial charge in [-0.2, -0.15) is 0 Å². The minimum absolute atomic E-state index is 0.0468. The number of hydrogen-bond donors (Lipinski definition) is 0. The van der Waals surface area contributed by atoms with Crippen molar-refractivity contribution < 1.29 is 9.09 Å². The molecule has 2 nitrogen and oxygen atoms in total. The molecule has 1 aliphatic heterocycles.